The Bertz CT molecular complexity index is 778. The summed E-state index contributed by atoms with van der Waals surface area (Å²) < 4.78 is 22.9. The summed E-state index contributed by atoms with van der Waals surface area (Å²) in [7, 11) is 1.42. The standard InChI is InChI=1S/C19H24FN3O2S/c1-12(2)18-17(26-22-21-18)11-23-8-4-5-14(10-23)19(24)13-6-7-16(25-3)15(20)9-13/h6-7,9,12,14H,4-5,8,10-11H2,1-3H3/t14-/m1/s1. The number of rotatable bonds is 6. The molecule has 2 aromatic rings. The Labute approximate surface area is 157 Å². The first kappa shape index (κ1) is 18.9. The maximum Gasteiger partial charge on any atom is 0.167 e. The zero-order valence-electron chi connectivity index (χ0n) is 15.4. The maximum absolute atomic E-state index is 13.9. The smallest absolute Gasteiger partial charge is 0.167 e. The summed E-state index contributed by atoms with van der Waals surface area (Å²) in [5, 5.41) is 4.23. The van der Waals surface area contributed by atoms with E-state index in [1.165, 1.54) is 35.7 Å². The maximum atomic E-state index is 13.9. The van der Waals surface area contributed by atoms with E-state index in [1.807, 2.05) is 0 Å². The molecule has 0 aliphatic carbocycles. The number of ether oxygens (including phenoxy) is 1. The molecule has 0 spiro atoms. The summed E-state index contributed by atoms with van der Waals surface area (Å²) >= 11 is 1.43. The fourth-order valence-electron chi connectivity index (χ4n) is 3.44. The van der Waals surface area contributed by atoms with Gasteiger partial charge in [-0.3, -0.25) is 9.69 Å². The van der Waals surface area contributed by atoms with Gasteiger partial charge < -0.3 is 4.74 Å². The van der Waals surface area contributed by atoms with Crippen LogP contribution in [-0.4, -0.2) is 40.5 Å². The lowest BCUT2D eigenvalue weighted by molar-refractivity contribution is 0.0812. The SMILES string of the molecule is COc1ccc(C(=O)[C@@H]2CCCN(Cc3snnc3C(C)C)C2)cc1F. The lowest BCUT2D eigenvalue weighted by Gasteiger charge is -2.31. The molecule has 1 saturated heterocycles. The lowest BCUT2D eigenvalue weighted by atomic mass is 9.90. The number of halogens is 1. The Morgan fingerprint density at radius 1 is 1.46 bits per heavy atom. The molecular weight excluding hydrogens is 353 g/mol. The van der Waals surface area contributed by atoms with Crippen LogP contribution in [0.5, 0.6) is 5.75 Å². The second kappa shape index (κ2) is 8.22. The third-order valence-electron chi connectivity index (χ3n) is 4.81. The van der Waals surface area contributed by atoms with E-state index in [4.69, 9.17) is 4.74 Å². The van der Waals surface area contributed by atoms with Gasteiger partial charge in [0, 0.05) is 24.6 Å². The number of methoxy groups -OCH3 is 1. The van der Waals surface area contributed by atoms with Gasteiger partial charge in [0.2, 0.25) is 0 Å². The number of hydrogen-bond acceptors (Lipinski definition) is 6. The van der Waals surface area contributed by atoms with Crippen LogP contribution >= 0.6 is 11.5 Å². The highest BCUT2D eigenvalue weighted by molar-refractivity contribution is 7.05. The molecule has 5 nitrogen and oxygen atoms in total. The van der Waals surface area contributed by atoms with Gasteiger partial charge in [-0.1, -0.05) is 18.3 Å². The van der Waals surface area contributed by atoms with Crippen LogP contribution in [0.4, 0.5) is 4.39 Å². The normalized spacial score (nSPS) is 18.3. The predicted molar refractivity (Wildman–Crippen MR) is 99.3 cm³/mol. The van der Waals surface area contributed by atoms with Crippen LogP contribution in [0.1, 0.15) is 53.5 Å². The Morgan fingerprint density at radius 3 is 2.96 bits per heavy atom. The number of piperidine rings is 1. The number of hydrogen-bond donors (Lipinski definition) is 0. The van der Waals surface area contributed by atoms with Gasteiger partial charge >= 0.3 is 0 Å². The monoisotopic (exact) mass is 377 g/mol. The second-order valence-electron chi connectivity index (χ2n) is 7.02. The van der Waals surface area contributed by atoms with Crippen molar-refractivity contribution in [3.8, 4) is 5.75 Å². The predicted octanol–water partition coefficient (Wildman–Crippen LogP) is 3.90. The molecular formula is C19H24FN3O2S. The molecule has 1 atom stereocenters. The van der Waals surface area contributed by atoms with E-state index in [9.17, 15) is 9.18 Å². The van der Waals surface area contributed by atoms with Crippen LogP contribution in [0.15, 0.2) is 18.2 Å². The minimum Gasteiger partial charge on any atom is -0.494 e. The van der Waals surface area contributed by atoms with Crippen molar-refractivity contribution < 1.29 is 13.9 Å². The van der Waals surface area contributed by atoms with Gasteiger partial charge in [-0.05, 0) is 55.0 Å². The summed E-state index contributed by atoms with van der Waals surface area (Å²) in [6, 6.07) is 4.44. The lowest BCUT2D eigenvalue weighted by Crippen LogP contribution is -2.38. The number of nitrogens with zero attached hydrogens (tertiary/aromatic N) is 3. The Hall–Kier alpha value is -1.86. The Kier molecular flexibility index (Phi) is 5.98. The van der Waals surface area contributed by atoms with E-state index >= 15 is 0 Å². The number of Topliss-reactive ketones (excluding diaryl/α,β-unsaturated/α-hetero) is 1. The van der Waals surface area contributed by atoms with E-state index in [-0.39, 0.29) is 17.5 Å². The molecule has 3 rings (SSSR count). The molecule has 0 unspecified atom stereocenters. The van der Waals surface area contributed by atoms with Crippen LogP contribution in [0.25, 0.3) is 0 Å². The number of carbonyl (C=O) groups is 1. The van der Waals surface area contributed by atoms with Crippen LogP contribution in [0, 0.1) is 11.7 Å². The summed E-state index contributed by atoms with van der Waals surface area (Å²) in [4.78, 5) is 16.3. The van der Waals surface area contributed by atoms with Crippen LogP contribution < -0.4 is 4.74 Å². The highest BCUT2D eigenvalue weighted by atomic mass is 32.1. The zero-order chi connectivity index (χ0) is 18.7. The molecule has 0 amide bonds. The average molecular weight is 377 g/mol. The molecule has 0 radical (unpaired) electrons. The molecule has 26 heavy (non-hydrogen) atoms. The van der Waals surface area contributed by atoms with Crippen molar-refractivity contribution in [2.75, 3.05) is 20.2 Å². The average Bonchev–Trinajstić information content (AvgIpc) is 3.09. The quantitative estimate of drug-likeness (QED) is 0.715. The number of ketones is 1. The van der Waals surface area contributed by atoms with Gasteiger partial charge in [0.1, 0.15) is 0 Å². The van der Waals surface area contributed by atoms with Crippen LogP contribution in [0.2, 0.25) is 0 Å². The third-order valence-corrected chi connectivity index (χ3v) is 5.53. The van der Waals surface area contributed by atoms with E-state index in [0.29, 0.717) is 18.0 Å². The summed E-state index contributed by atoms with van der Waals surface area (Å²) in [5.41, 5.74) is 1.46. The number of likely N-dealkylation sites (tertiary alicyclic amines) is 1. The van der Waals surface area contributed by atoms with Crippen molar-refractivity contribution in [2.24, 2.45) is 5.92 Å². The van der Waals surface area contributed by atoms with Crippen LogP contribution in [0.3, 0.4) is 0 Å². The molecule has 7 heteroatoms. The Balaban J connectivity index is 1.69. The number of benzene rings is 1. The third kappa shape index (κ3) is 4.10. The van der Waals surface area contributed by atoms with Crippen molar-refractivity contribution in [3.63, 3.8) is 0 Å². The molecule has 2 heterocycles. The molecule has 1 aliphatic heterocycles. The van der Waals surface area contributed by atoms with Crippen molar-refractivity contribution in [3.05, 3.63) is 40.2 Å². The topological polar surface area (TPSA) is 55.3 Å². The molecule has 0 saturated carbocycles. The fraction of sp³-hybridized carbons (Fsp3) is 0.526. The van der Waals surface area contributed by atoms with E-state index in [0.717, 1.165) is 31.6 Å². The Morgan fingerprint density at radius 2 is 2.27 bits per heavy atom. The summed E-state index contributed by atoms with van der Waals surface area (Å²) in [6.07, 6.45) is 1.79. The van der Waals surface area contributed by atoms with Gasteiger partial charge in [-0.15, -0.1) is 5.10 Å². The second-order valence-corrected chi connectivity index (χ2v) is 7.86. The van der Waals surface area contributed by atoms with Gasteiger partial charge in [-0.25, -0.2) is 4.39 Å². The zero-order valence-corrected chi connectivity index (χ0v) is 16.2. The van der Waals surface area contributed by atoms with Crippen LogP contribution in [-0.2, 0) is 6.54 Å². The molecule has 0 bridgehead atoms. The largest absolute Gasteiger partial charge is 0.494 e. The van der Waals surface area contributed by atoms with Gasteiger partial charge in [0.15, 0.2) is 17.3 Å². The minimum absolute atomic E-state index is 0.00256. The van der Waals surface area contributed by atoms with Gasteiger partial charge in [-0.2, -0.15) is 0 Å². The van der Waals surface area contributed by atoms with E-state index in [2.05, 4.69) is 28.3 Å². The van der Waals surface area contributed by atoms with Crippen molar-refractivity contribution in [1.82, 2.24) is 14.5 Å². The number of carbonyl (C=O) groups excluding carboxylic acids is 1. The first-order valence-electron chi connectivity index (χ1n) is 8.90. The van der Waals surface area contributed by atoms with Crippen molar-refractivity contribution in [2.45, 2.75) is 39.2 Å². The molecule has 1 aliphatic rings. The van der Waals surface area contributed by atoms with Crippen molar-refractivity contribution >= 4 is 17.3 Å². The first-order valence-corrected chi connectivity index (χ1v) is 9.68. The van der Waals surface area contributed by atoms with E-state index < -0.39 is 5.82 Å². The molecule has 1 aromatic heterocycles. The molecule has 0 N–H and O–H groups in total. The van der Waals surface area contributed by atoms with Crippen molar-refractivity contribution in [1.29, 1.82) is 0 Å². The fourth-order valence-corrected chi connectivity index (χ4v) is 4.27. The molecule has 1 aromatic carbocycles. The number of aromatic nitrogens is 2. The minimum atomic E-state index is -0.497. The first-order chi connectivity index (χ1) is 12.5. The van der Waals surface area contributed by atoms with Gasteiger partial charge in [0.05, 0.1) is 17.7 Å². The van der Waals surface area contributed by atoms with Gasteiger partial charge in [0.25, 0.3) is 0 Å². The summed E-state index contributed by atoms with van der Waals surface area (Å²) in [5.74, 6) is -0.106. The highest BCUT2D eigenvalue weighted by Gasteiger charge is 2.28. The molecule has 1 fully saturated rings. The van der Waals surface area contributed by atoms with E-state index in [1.54, 1.807) is 6.07 Å². The summed E-state index contributed by atoms with van der Waals surface area (Å²) in [6.45, 7) is 6.63. The highest BCUT2D eigenvalue weighted by Crippen LogP contribution is 2.27. The molecule has 140 valence electrons.